The third-order valence-electron chi connectivity index (χ3n) is 2.60. The number of ether oxygens (including phenoxy) is 2. The molecule has 0 fully saturated rings. The summed E-state index contributed by atoms with van der Waals surface area (Å²) >= 11 is 0. The monoisotopic (exact) mass is 308 g/mol. The number of alkyl carbamates (subject to hydrolysis) is 2. The predicted octanol–water partition coefficient (Wildman–Crippen LogP) is 3.17. The van der Waals surface area contributed by atoms with Crippen LogP contribution < -0.4 is 10.6 Å². The fourth-order valence-electron chi connectivity index (χ4n) is 1.60. The molecule has 0 unspecified atom stereocenters. The van der Waals surface area contributed by atoms with E-state index in [1.165, 1.54) is 0 Å². The largest absolute Gasteiger partial charge is 0.445 e. The summed E-state index contributed by atoms with van der Waals surface area (Å²) in [5, 5.41) is 5.16. The lowest BCUT2D eigenvalue weighted by Crippen LogP contribution is -2.49. The van der Waals surface area contributed by atoms with Gasteiger partial charge in [-0.3, -0.25) is 0 Å². The highest BCUT2D eigenvalue weighted by molar-refractivity contribution is 5.71. The van der Waals surface area contributed by atoms with Crippen molar-refractivity contribution in [1.29, 1.82) is 0 Å². The zero-order chi connectivity index (χ0) is 16.6. The molecule has 1 rings (SSSR count). The molecule has 1 atom stereocenters. The predicted molar refractivity (Wildman–Crippen MR) is 83.2 cm³/mol. The van der Waals surface area contributed by atoms with Crippen LogP contribution in [-0.2, 0) is 16.1 Å². The summed E-state index contributed by atoms with van der Waals surface area (Å²) in [6, 6.07) is 9.36. The SMILES string of the molecule is CC[C@H](NC(=O)OCc1ccccc1)NC(=O)OC(C)(C)C. The first-order chi connectivity index (χ1) is 10.3. The molecule has 2 amide bonds. The Kier molecular flexibility index (Phi) is 6.69. The zero-order valence-electron chi connectivity index (χ0n) is 13.5. The van der Waals surface area contributed by atoms with E-state index in [4.69, 9.17) is 9.47 Å². The van der Waals surface area contributed by atoms with Crippen molar-refractivity contribution in [1.82, 2.24) is 10.6 Å². The smallest absolute Gasteiger partial charge is 0.409 e. The van der Waals surface area contributed by atoms with Crippen LogP contribution in [0.5, 0.6) is 0 Å². The van der Waals surface area contributed by atoms with Crippen molar-refractivity contribution < 1.29 is 19.1 Å². The van der Waals surface area contributed by atoms with E-state index < -0.39 is 24.0 Å². The average Bonchev–Trinajstić information content (AvgIpc) is 2.43. The van der Waals surface area contributed by atoms with E-state index in [1.807, 2.05) is 37.3 Å². The van der Waals surface area contributed by atoms with Crippen molar-refractivity contribution in [2.75, 3.05) is 0 Å². The van der Waals surface area contributed by atoms with Gasteiger partial charge < -0.3 is 20.1 Å². The van der Waals surface area contributed by atoms with Gasteiger partial charge in [0.25, 0.3) is 0 Å². The van der Waals surface area contributed by atoms with E-state index in [9.17, 15) is 9.59 Å². The molecule has 0 aliphatic heterocycles. The first kappa shape index (κ1) is 17.8. The molecule has 0 saturated heterocycles. The highest BCUT2D eigenvalue weighted by Crippen LogP contribution is 2.07. The summed E-state index contributed by atoms with van der Waals surface area (Å²) < 4.78 is 10.2. The molecule has 1 aromatic rings. The molecule has 0 radical (unpaired) electrons. The minimum absolute atomic E-state index is 0.176. The second-order valence-corrected chi connectivity index (χ2v) is 5.81. The number of carbonyl (C=O) groups is 2. The van der Waals surface area contributed by atoms with Crippen LogP contribution in [0.2, 0.25) is 0 Å². The van der Waals surface area contributed by atoms with E-state index >= 15 is 0 Å². The van der Waals surface area contributed by atoms with E-state index in [1.54, 1.807) is 20.8 Å². The number of nitrogens with one attached hydrogen (secondary N) is 2. The van der Waals surface area contributed by atoms with Crippen LogP contribution in [0.15, 0.2) is 30.3 Å². The molecular weight excluding hydrogens is 284 g/mol. The Morgan fingerprint density at radius 2 is 1.68 bits per heavy atom. The third-order valence-corrected chi connectivity index (χ3v) is 2.60. The summed E-state index contributed by atoms with van der Waals surface area (Å²) in [7, 11) is 0. The quantitative estimate of drug-likeness (QED) is 0.819. The maximum Gasteiger partial charge on any atom is 0.409 e. The number of hydrogen-bond acceptors (Lipinski definition) is 4. The van der Waals surface area contributed by atoms with Crippen LogP contribution >= 0.6 is 0 Å². The Morgan fingerprint density at radius 3 is 2.23 bits per heavy atom. The lowest BCUT2D eigenvalue weighted by molar-refractivity contribution is 0.0490. The van der Waals surface area contributed by atoms with Crippen molar-refractivity contribution >= 4 is 12.2 Å². The van der Waals surface area contributed by atoms with Crippen molar-refractivity contribution in [3.05, 3.63) is 35.9 Å². The molecule has 0 spiro atoms. The molecule has 0 heterocycles. The van der Waals surface area contributed by atoms with Crippen molar-refractivity contribution in [2.24, 2.45) is 0 Å². The summed E-state index contributed by atoms with van der Waals surface area (Å²) in [5.41, 5.74) is 0.307. The number of hydrogen-bond donors (Lipinski definition) is 2. The van der Waals surface area contributed by atoms with Gasteiger partial charge in [-0.2, -0.15) is 0 Å². The minimum Gasteiger partial charge on any atom is -0.445 e. The standard InChI is InChI=1S/C16H24N2O4/c1-5-13(18-15(20)22-16(2,3)4)17-14(19)21-11-12-9-7-6-8-10-12/h6-10,13H,5,11H2,1-4H3,(H,17,19)(H,18,20)/t13-/m1/s1. The molecule has 22 heavy (non-hydrogen) atoms. The molecule has 6 heteroatoms. The lowest BCUT2D eigenvalue weighted by Gasteiger charge is -2.23. The van der Waals surface area contributed by atoms with Crippen LogP contribution in [0.4, 0.5) is 9.59 Å². The van der Waals surface area contributed by atoms with Gasteiger partial charge in [0.1, 0.15) is 18.4 Å². The third kappa shape index (κ3) is 7.52. The highest BCUT2D eigenvalue weighted by Gasteiger charge is 2.20. The summed E-state index contributed by atoms with van der Waals surface area (Å²) in [4.78, 5) is 23.4. The van der Waals surface area contributed by atoms with Gasteiger partial charge >= 0.3 is 12.2 Å². The topological polar surface area (TPSA) is 76.7 Å². The maximum atomic E-state index is 11.7. The molecule has 1 aromatic carbocycles. The molecule has 0 bridgehead atoms. The highest BCUT2D eigenvalue weighted by atomic mass is 16.6. The fourth-order valence-corrected chi connectivity index (χ4v) is 1.60. The van der Waals surface area contributed by atoms with Gasteiger partial charge in [0.15, 0.2) is 0 Å². The lowest BCUT2D eigenvalue weighted by atomic mass is 10.2. The molecular formula is C16H24N2O4. The van der Waals surface area contributed by atoms with Crippen LogP contribution in [-0.4, -0.2) is 24.0 Å². The van der Waals surface area contributed by atoms with E-state index in [0.29, 0.717) is 6.42 Å². The van der Waals surface area contributed by atoms with Crippen molar-refractivity contribution in [2.45, 2.75) is 52.5 Å². The second-order valence-electron chi connectivity index (χ2n) is 5.81. The Bertz CT molecular complexity index is 483. The average molecular weight is 308 g/mol. The number of amides is 2. The van der Waals surface area contributed by atoms with Gasteiger partial charge in [0.05, 0.1) is 0 Å². The maximum absolute atomic E-state index is 11.7. The number of rotatable bonds is 5. The second kappa shape index (κ2) is 8.26. The van der Waals surface area contributed by atoms with Crippen molar-refractivity contribution in [3.63, 3.8) is 0 Å². The Morgan fingerprint density at radius 1 is 1.09 bits per heavy atom. The summed E-state index contributed by atoms with van der Waals surface area (Å²) in [6.45, 7) is 7.33. The van der Waals surface area contributed by atoms with Crippen LogP contribution in [0.3, 0.4) is 0 Å². The number of carbonyl (C=O) groups excluding carboxylic acids is 2. The molecule has 0 aliphatic carbocycles. The van der Waals surface area contributed by atoms with Gasteiger partial charge in [-0.15, -0.1) is 0 Å². The zero-order valence-corrected chi connectivity index (χ0v) is 13.5. The first-order valence-corrected chi connectivity index (χ1v) is 7.27. The van der Waals surface area contributed by atoms with Gasteiger partial charge in [-0.05, 0) is 32.8 Å². The van der Waals surface area contributed by atoms with Crippen LogP contribution in [0.25, 0.3) is 0 Å². The Labute approximate surface area is 131 Å². The van der Waals surface area contributed by atoms with E-state index in [0.717, 1.165) is 5.56 Å². The normalized spacial score (nSPS) is 12.2. The molecule has 0 aromatic heterocycles. The molecule has 122 valence electrons. The van der Waals surface area contributed by atoms with Crippen LogP contribution in [0.1, 0.15) is 39.7 Å². The summed E-state index contributed by atoms with van der Waals surface area (Å²) in [5.74, 6) is 0. The van der Waals surface area contributed by atoms with Gasteiger partial charge in [0, 0.05) is 0 Å². The van der Waals surface area contributed by atoms with Gasteiger partial charge in [-0.1, -0.05) is 37.3 Å². The minimum atomic E-state index is -0.591. The van der Waals surface area contributed by atoms with Crippen molar-refractivity contribution in [3.8, 4) is 0 Å². The Hall–Kier alpha value is -2.24. The van der Waals surface area contributed by atoms with Gasteiger partial charge in [-0.25, -0.2) is 9.59 Å². The molecule has 6 nitrogen and oxygen atoms in total. The Balaban J connectivity index is 2.38. The number of benzene rings is 1. The van der Waals surface area contributed by atoms with Crippen LogP contribution in [0, 0.1) is 0 Å². The molecule has 0 aliphatic rings. The van der Waals surface area contributed by atoms with Gasteiger partial charge in [0.2, 0.25) is 0 Å². The van der Waals surface area contributed by atoms with E-state index in [2.05, 4.69) is 10.6 Å². The molecule has 0 saturated carbocycles. The fraction of sp³-hybridized carbons (Fsp3) is 0.500. The first-order valence-electron chi connectivity index (χ1n) is 7.27. The summed E-state index contributed by atoms with van der Waals surface area (Å²) in [6.07, 6.45) is -1.20. The van der Waals surface area contributed by atoms with E-state index in [-0.39, 0.29) is 6.61 Å². The molecule has 2 N–H and O–H groups in total.